The normalized spacial score (nSPS) is 13.5. The zero-order chi connectivity index (χ0) is 14.0. The number of alkyl halides is 3. The van der Waals surface area contributed by atoms with Crippen LogP contribution in [0.25, 0.3) is 0 Å². The molecule has 19 heavy (non-hydrogen) atoms. The quantitative estimate of drug-likeness (QED) is 0.674. The molecule has 0 bridgehead atoms. The first-order valence-electron chi connectivity index (χ1n) is 5.44. The zero-order valence-electron chi connectivity index (χ0n) is 10.0. The van der Waals surface area contributed by atoms with Crippen LogP contribution in [0.1, 0.15) is 28.3 Å². The highest BCUT2D eigenvalue weighted by molar-refractivity contribution is 7.08. The molecule has 0 aromatic carbocycles. The molecule has 0 radical (unpaired) electrons. The van der Waals surface area contributed by atoms with Crippen LogP contribution >= 0.6 is 11.3 Å². The molecule has 1 unspecified atom stereocenters. The number of nitrogens with zero attached hydrogens (tertiary/aromatic N) is 1. The van der Waals surface area contributed by atoms with Crippen molar-refractivity contribution in [2.24, 2.45) is 5.84 Å². The first-order chi connectivity index (χ1) is 8.93. The van der Waals surface area contributed by atoms with Crippen LogP contribution in [0.5, 0.6) is 0 Å². The van der Waals surface area contributed by atoms with E-state index in [1.54, 1.807) is 12.3 Å². The Morgan fingerprint density at radius 2 is 2.05 bits per heavy atom. The van der Waals surface area contributed by atoms with Gasteiger partial charge in [0.2, 0.25) is 0 Å². The average Bonchev–Trinajstić information content (AvgIpc) is 2.79. The predicted octanol–water partition coefficient (Wildman–Crippen LogP) is 3.02. The summed E-state index contributed by atoms with van der Waals surface area (Å²) in [6.07, 6.45) is -1.24. The third-order valence-corrected chi connectivity index (χ3v) is 3.47. The number of aryl methyl sites for hydroxylation is 1. The van der Waals surface area contributed by atoms with Crippen molar-refractivity contribution in [3.05, 3.63) is 51.5 Å². The minimum absolute atomic E-state index is 0.118. The number of nitrogens with one attached hydrogen (secondary N) is 1. The van der Waals surface area contributed by atoms with Crippen molar-refractivity contribution in [3.8, 4) is 0 Å². The van der Waals surface area contributed by atoms with Gasteiger partial charge in [-0.15, -0.1) is 0 Å². The average molecular weight is 287 g/mol. The van der Waals surface area contributed by atoms with Gasteiger partial charge in [0.1, 0.15) is 0 Å². The smallest absolute Gasteiger partial charge is 0.271 e. The van der Waals surface area contributed by atoms with Crippen LogP contribution in [0, 0.1) is 6.92 Å². The number of rotatable bonds is 3. The van der Waals surface area contributed by atoms with Gasteiger partial charge in [-0.3, -0.25) is 10.8 Å². The molecular formula is C12H12F3N3S. The second kappa shape index (κ2) is 5.28. The SMILES string of the molecule is Cc1cncc(C(NN)c2cscc2C(F)(F)F)c1. The Bertz CT molecular complexity index is 565. The maximum absolute atomic E-state index is 12.9. The van der Waals surface area contributed by atoms with Crippen LogP contribution in [-0.2, 0) is 6.18 Å². The van der Waals surface area contributed by atoms with Crippen molar-refractivity contribution in [3.63, 3.8) is 0 Å². The summed E-state index contributed by atoms with van der Waals surface area (Å²) in [5.41, 5.74) is 3.35. The van der Waals surface area contributed by atoms with E-state index in [1.807, 2.05) is 6.92 Å². The molecule has 0 spiro atoms. The summed E-state index contributed by atoms with van der Waals surface area (Å²) < 4.78 is 38.7. The lowest BCUT2D eigenvalue weighted by Gasteiger charge is -2.18. The summed E-state index contributed by atoms with van der Waals surface area (Å²) in [5.74, 6) is 5.42. The molecule has 3 nitrogen and oxygen atoms in total. The maximum Gasteiger partial charge on any atom is 0.417 e. The number of halogens is 3. The summed E-state index contributed by atoms with van der Waals surface area (Å²) in [5, 5.41) is 2.54. The van der Waals surface area contributed by atoms with Gasteiger partial charge in [-0.25, -0.2) is 5.43 Å². The second-order valence-corrected chi connectivity index (χ2v) is 4.88. The maximum atomic E-state index is 12.9. The Balaban J connectivity index is 2.46. The fourth-order valence-electron chi connectivity index (χ4n) is 1.86. The first kappa shape index (κ1) is 14.0. The molecule has 0 saturated carbocycles. The molecule has 2 rings (SSSR count). The van der Waals surface area contributed by atoms with E-state index in [0.717, 1.165) is 22.3 Å². The van der Waals surface area contributed by atoms with Crippen molar-refractivity contribution in [1.82, 2.24) is 10.4 Å². The van der Waals surface area contributed by atoms with Crippen molar-refractivity contribution in [2.75, 3.05) is 0 Å². The van der Waals surface area contributed by atoms with E-state index >= 15 is 0 Å². The molecule has 0 saturated heterocycles. The lowest BCUT2D eigenvalue weighted by Crippen LogP contribution is -2.30. The largest absolute Gasteiger partial charge is 0.417 e. The molecule has 0 aliphatic heterocycles. The first-order valence-corrected chi connectivity index (χ1v) is 6.38. The topological polar surface area (TPSA) is 50.9 Å². The molecule has 2 aromatic rings. The Morgan fingerprint density at radius 1 is 1.32 bits per heavy atom. The summed E-state index contributed by atoms with van der Waals surface area (Å²) in [4.78, 5) is 3.98. The van der Waals surface area contributed by atoms with E-state index in [4.69, 9.17) is 5.84 Å². The molecule has 7 heteroatoms. The van der Waals surface area contributed by atoms with Crippen LogP contribution in [0.4, 0.5) is 13.2 Å². The van der Waals surface area contributed by atoms with Crippen molar-refractivity contribution in [1.29, 1.82) is 0 Å². The van der Waals surface area contributed by atoms with E-state index < -0.39 is 17.8 Å². The fraction of sp³-hybridized carbons (Fsp3) is 0.250. The number of hydrogen-bond donors (Lipinski definition) is 2. The number of pyridine rings is 1. The summed E-state index contributed by atoms with van der Waals surface area (Å²) in [7, 11) is 0. The van der Waals surface area contributed by atoms with Gasteiger partial charge >= 0.3 is 6.18 Å². The highest BCUT2D eigenvalue weighted by atomic mass is 32.1. The van der Waals surface area contributed by atoms with Crippen LogP contribution in [0.3, 0.4) is 0 Å². The van der Waals surface area contributed by atoms with E-state index in [0.29, 0.717) is 5.56 Å². The third kappa shape index (κ3) is 2.94. The van der Waals surface area contributed by atoms with Gasteiger partial charge in [0.15, 0.2) is 0 Å². The molecule has 2 aromatic heterocycles. The van der Waals surface area contributed by atoms with Crippen molar-refractivity contribution in [2.45, 2.75) is 19.1 Å². The Hall–Kier alpha value is -1.44. The highest BCUT2D eigenvalue weighted by Crippen LogP contribution is 2.38. The molecule has 0 aliphatic rings. The molecule has 0 amide bonds. The van der Waals surface area contributed by atoms with Crippen LogP contribution < -0.4 is 11.3 Å². The Labute approximate surface area is 112 Å². The molecule has 0 aliphatic carbocycles. The molecule has 0 fully saturated rings. The van der Waals surface area contributed by atoms with Crippen LogP contribution in [0.15, 0.2) is 29.2 Å². The van der Waals surface area contributed by atoms with E-state index in [1.165, 1.54) is 11.6 Å². The van der Waals surface area contributed by atoms with E-state index in [2.05, 4.69) is 10.4 Å². The van der Waals surface area contributed by atoms with Crippen molar-refractivity contribution < 1.29 is 13.2 Å². The zero-order valence-corrected chi connectivity index (χ0v) is 10.8. The lowest BCUT2D eigenvalue weighted by atomic mass is 9.99. The van der Waals surface area contributed by atoms with E-state index in [-0.39, 0.29) is 5.56 Å². The molecule has 2 heterocycles. The summed E-state index contributed by atoms with van der Waals surface area (Å²) in [6, 6.07) is 1.03. The van der Waals surface area contributed by atoms with Gasteiger partial charge < -0.3 is 0 Å². The summed E-state index contributed by atoms with van der Waals surface area (Å²) >= 11 is 1.000. The lowest BCUT2D eigenvalue weighted by molar-refractivity contribution is -0.138. The number of nitrogens with two attached hydrogens (primary N) is 1. The number of thiophene rings is 1. The van der Waals surface area contributed by atoms with Crippen molar-refractivity contribution >= 4 is 11.3 Å². The van der Waals surface area contributed by atoms with E-state index in [9.17, 15) is 13.2 Å². The molecule has 1 atom stereocenters. The van der Waals surface area contributed by atoms with Crippen LogP contribution in [0.2, 0.25) is 0 Å². The van der Waals surface area contributed by atoms with Gasteiger partial charge in [0.05, 0.1) is 11.6 Å². The third-order valence-electron chi connectivity index (χ3n) is 2.70. The predicted molar refractivity (Wildman–Crippen MR) is 67.5 cm³/mol. The number of hydrogen-bond acceptors (Lipinski definition) is 4. The number of hydrazine groups is 1. The van der Waals surface area contributed by atoms with Crippen LogP contribution in [-0.4, -0.2) is 4.98 Å². The minimum atomic E-state index is -4.39. The molecule has 102 valence electrons. The monoisotopic (exact) mass is 287 g/mol. The Kier molecular flexibility index (Phi) is 3.88. The number of aromatic nitrogens is 1. The van der Waals surface area contributed by atoms with Gasteiger partial charge in [0, 0.05) is 17.8 Å². The van der Waals surface area contributed by atoms with Gasteiger partial charge in [-0.1, -0.05) is 6.07 Å². The molecule has 3 N–H and O–H groups in total. The standard InChI is InChI=1S/C12H12F3N3S/c1-7-2-8(4-17-3-7)11(18-16)9-5-19-6-10(9)12(13,14)15/h2-6,11,18H,16H2,1H3. The van der Waals surface area contributed by atoms with Gasteiger partial charge in [-0.05, 0) is 29.0 Å². The van der Waals surface area contributed by atoms with Gasteiger partial charge in [0.25, 0.3) is 0 Å². The fourth-order valence-corrected chi connectivity index (χ4v) is 2.75. The second-order valence-electron chi connectivity index (χ2n) is 4.13. The van der Waals surface area contributed by atoms with Gasteiger partial charge in [-0.2, -0.15) is 24.5 Å². The molecular weight excluding hydrogens is 275 g/mol. The highest BCUT2D eigenvalue weighted by Gasteiger charge is 2.36. The summed E-state index contributed by atoms with van der Waals surface area (Å²) in [6.45, 7) is 1.82. The Morgan fingerprint density at radius 3 is 2.63 bits per heavy atom. The minimum Gasteiger partial charge on any atom is -0.271 e.